The monoisotopic (exact) mass is 285 g/mol. The van der Waals surface area contributed by atoms with Gasteiger partial charge in [-0.3, -0.25) is 4.90 Å². The van der Waals surface area contributed by atoms with Gasteiger partial charge in [0.05, 0.1) is 7.11 Å². The number of benzene rings is 2. The highest BCUT2D eigenvalue weighted by Crippen LogP contribution is 2.31. The van der Waals surface area contributed by atoms with Gasteiger partial charge in [0, 0.05) is 29.8 Å². The standard InChI is InChI=1S/C17H19NOS/c1-19-15-7-9-16(10-8-15)20-17-12-18(13-17)11-14-5-3-2-4-6-14/h2-10,17H,11-13H2,1H3. The summed E-state index contributed by atoms with van der Waals surface area (Å²) in [6.45, 7) is 3.41. The molecule has 1 aliphatic heterocycles. The minimum Gasteiger partial charge on any atom is -0.497 e. The Kier molecular flexibility index (Phi) is 4.28. The second-order valence-corrected chi connectivity index (χ2v) is 6.47. The van der Waals surface area contributed by atoms with Crippen LogP contribution in [0.3, 0.4) is 0 Å². The molecular weight excluding hydrogens is 266 g/mol. The van der Waals surface area contributed by atoms with Crippen molar-refractivity contribution in [3.8, 4) is 5.75 Å². The summed E-state index contributed by atoms with van der Waals surface area (Å²) in [6, 6.07) is 19.0. The number of nitrogens with zero attached hydrogens (tertiary/aromatic N) is 1. The van der Waals surface area contributed by atoms with Gasteiger partial charge in [0.25, 0.3) is 0 Å². The molecule has 2 aromatic carbocycles. The van der Waals surface area contributed by atoms with Crippen LogP contribution in [0.1, 0.15) is 5.56 Å². The summed E-state index contributed by atoms with van der Waals surface area (Å²) in [7, 11) is 1.70. The van der Waals surface area contributed by atoms with Gasteiger partial charge in [-0.2, -0.15) is 0 Å². The van der Waals surface area contributed by atoms with Crippen molar-refractivity contribution < 1.29 is 4.74 Å². The van der Waals surface area contributed by atoms with Crippen LogP contribution in [0.2, 0.25) is 0 Å². The van der Waals surface area contributed by atoms with E-state index in [1.165, 1.54) is 23.5 Å². The lowest BCUT2D eigenvalue weighted by Crippen LogP contribution is -2.48. The third-order valence-corrected chi connectivity index (χ3v) is 4.71. The lowest BCUT2D eigenvalue weighted by atomic mass is 10.1. The zero-order valence-corrected chi connectivity index (χ0v) is 12.5. The van der Waals surface area contributed by atoms with E-state index < -0.39 is 0 Å². The Morgan fingerprint density at radius 2 is 1.75 bits per heavy atom. The first-order valence-electron chi connectivity index (χ1n) is 6.90. The predicted octanol–water partition coefficient (Wildman–Crippen LogP) is 3.67. The molecule has 0 aliphatic carbocycles. The van der Waals surface area contributed by atoms with Gasteiger partial charge in [0.2, 0.25) is 0 Å². The van der Waals surface area contributed by atoms with Crippen molar-refractivity contribution in [1.82, 2.24) is 4.90 Å². The molecule has 1 saturated heterocycles. The summed E-state index contributed by atoms with van der Waals surface area (Å²) in [6.07, 6.45) is 0. The predicted molar refractivity (Wildman–Crippen MR) is 84.4 cm³/mol. The van der Waals surface area contributed by atoms with Crippen LogP contribution >= 0.6 is 11.8 Å². The lowest BCUT2D eigenvalue weighted by molar-refractivity contribution is 0.181. The molecule has 0 spiro atoms. The third-order valence-electron chi connectivity index (χ3n) is 3.53. The number of likely N-dealkylation sites (tertiary alicyclic amines) is 1. The van der Waals surface area contributed by atoms with Gasteiger partial charge >= 0.3 is 0 Å². The molecule has 3 rings (SSSR count). The zero-order valence-electron chi connectivity index (χ0n) is 11.7. The molecule has 0 N–H and O–H groups in total. The summed E-state index contributed by atoms with van der Waals surface area (Å²) in [5.41, 5.74) is 1.40. The Balaban J connectivity index is 1.46. The second-order valence-electron chi connectivity index (χ2n) is 5.10. The van der Waals surface area contributed by atoms with E-state index in [2.05, 4.69) is 47.4 Å². The fourth-order valence-electron chi connectivity index (χ4n) is 2.41. The minimum absolute atomic E-state index is 0.715. The van der Waals surface area contributed by atoms with Crippen molar-refractivity contribution in [2.75, 3.05) is 20.2 Å². The summed E-state index contributed by atoms with van der Waals surface area (Å²) < 4.78 is 5.18. The number of ether oxygens (including phenoxy) is 1. The number of thioether (sulfide) groups is 1. The maximum atomic E-state index is 5.18. The van der Waals surface area contributed by atoms with Gasteiger partial charge in [0.1, 0.15) is 5.75 Å². The Bertz CT molecular complexity index is 535. The van der Waals surface area contributed by atoms with Gasteiger partial charge in [0.15, 0.2) is 0 Å². The summed E-state index contributed by atoms with van der Waals surface area (Å²) in [5.74, 6) is 0.925. The fourth-order valence-corrected chi connectivity index (χ4v) is 3.66. The Labute approximate surface area is 124 Å². The lowest BCUT2D eigenvalue weighted by Gasteiger charge is -2.38. The van der Waals surface area contributed by atoms with Crippen LogP contribution in [-0.4, -0.2) is 30.3 Å². The van der Waals surface area contributed by atoms with Crippen LogP contribution in [0, 0.1) is 0 Å². The average Bonchev–Trinajstić information content (AvgIpc) is 2.47. The van der Waals surface area contributed by atoms with Crippen molar-refractivity contribution in [3.05, 3.63) is 60.2 Å². The molecule has 20 heavy (non-hydrogen) atoms. The molecule has 0 radical (unpaired) electrons. The number of rotatable bonds is 5. The zero-order chi connectivity index (χ0) is 13.8. The number of methoxy groups -OCH3 is 1. The van der Waals surface area contributed by atoms with Crippen molar-refractivity contribution in [3.63, 3.8) is 0 Å². The summed E-state index contributed by atoms with van der Waals surface area (Å²) in [4.78, 5) is 3.83. The molecule has 0 saturated carbocycles. The molecule has 0 atom stereocenters. The molecule has 0 amide bonds. The molecule has 104 valence electrons. The smallest absolute Gasteiger partial charge is 0.118 e. The van der Waals surface area contributed by atoms with E-state index in [0.29, 0.717) is 5.25 Å². The topological polar surface area (TPSA) is 12.5 Å². The Morgan fingerprint density at radius 1 is 1.05 bits per heavy atom. The Hall–Kier alpha value is -1.45. The van der Waals surface area contributed by atoms with E-state index in [4.69, 9.17) is 4.74 Å². The van der Waals surface area contributed by atoms with Gasteiger partial charge in [-0.15, -0.1) is 11.8 Å². The highest BCUT2D eigenvalue weighted by atomic mass is 32.2. The second kappa shape index (κ2) is 6.33. The fraction of sp³-hybridized carbons (Fsp3) is 0.294. The van der Waals surface area contributed by atoms with Gasteiger partial charge < -0.3 is 4.74 Å². The highest BCUT2D eigenvalue weighted by molar-refractivity contribution is 8.00. The van der Waals surface area contributed by atoms with Crippen molar-refractivity contribution in [2.45, 2.75) is 16.7 Å². The molecule has 1 fully saturated rings. The quantitative estimate of drug-likeness (QED) is 0.831. The average molecular weight is 285 g/mol. The van der Waals surface area contributed by atoms with E-state index in [9.17, 15) is 0 Å². The van der Waals surface area contributed by atoms with Gasteiger partial charge in [-0.05, 0) is 29.8 Å². The van der Waals surface area contributed by atoms with E-state index in [1.54, 1.807) is 7.11 Å². The largest absolute Gasteiger partial charge is 0.497 e. The minimum atomic E-state index is 0.715. The van der Waals surface area contributed by atoms with E-state index in [-0.39, 0.29) is 0 Å². The molecule has 0 bridgehead atoms. The molecule has 1 heterocycles. The number of hydrogen-bond acceptors (Lipinski definition) is 3. The third kappa shape index (κ3) is 3.35. The van der Waals surface area contributed by atoms with Crippen molar-refractivity contribution >= 4 is 11.8 Å². The van der Waals surface area contributed by atoms with Gasteiger partial charge in [-0.25, -0.2) is 0 Å². The summed E-state index contributed by atoms with van der Waals surface area (Å²) in [5, 5.41) is 0.715. The molecule has 2 aromatic rings. The maximum Gasteiger partial charge on any atom is 0.118 e. The molecule has 1 aliphatic rings. The van der Waals surface area contributed by atoms with Crippen LogP contribution < -0.4 is 4.74 Å². The van der Waals surface area contributed by atoms with Crippen molar-refractivity contribution in [1.29, 1.82) is 0 Å². The van der Waals surface area contributed by atoms with E-state index >= 15 is 0 Å². The molecular formula is C17H19NOS. The summed E-state index contributed by atoms with van der Waals surface area (Å²) >= 11 is 1.97. The van der Waals surface area contributed by atoms with E-state index in [0.717, 1.165) is 12.3 Å². The van der Waals surface area contributed by atoms with Crippen LogP contribution in [0.25, 0.3) is 0 Å². The first-order valence-corrected chi connectivity index (χ1v) is 7.78. The van der Waals surface area contributed by atoms with Crippen LogP contribution in [0.4, 0.5) is 0 Å². The number of hydrogen-bond donors (Lipinski definition) is 0. The first kappa shape index (κ1) is 13.5. The highest BCUT2D eigenvalue weighted by Gasteiger charge is 2.27. The SMILES string of the molecule is COc1ccc(SC2CN(Cc3ccccc3)C2)cc1. The normalized spacial score (nSPS) is 15.8. The van der Waals surface area contributed by atoms with Crippen LogP contribution in [0.5, 0.6) is 5.75 Å². The van der Waals surface area contributed by atoms with Crippen LogP contribution in [-0.2, 0) is 6.54 Å². The van der Waals surface area contributed by atoms with Crippen LogP contribution in [0.15, 0.2) is 59.5 Å². The van der Waals surface area contributed by atoms with Gasteiger partial charge in [-0.1, -0.05) is 30.3 Å². The van der Waals surface area contributed by atoms with Crippen molar-refractivity contribution in [2.24, 2.45) is 0 Å². The molecule has 3 heteroatoms. The Morgan fingerprint density at radius 3 is 2.40 bits per heavy atom. The maximum absolute atomic E-state index is 5.18. The molecule has 0 aromatic heterocycles. The molecule has 2 nitrogen and oxygen atoms in total. The molecule has 0 unspecified atom stereocenters. The first-order chi connectivity index (χ1) is 9.83. The van der Waals surface area contributed by atoms with E-state index in [1.807, 2.05) is 23.9 Å².